The van der Waals surface area contributed by atoms with E-state index in [4.69, 9.17) is 10.5 Å². The molecule has 100 valence electrons. The number of nitrogens with two attached hydrogens (primary N) is 1. The molecule has 6 heteroatoms. The van der Waals surface area contributed by atoms with Gasteiger partial charge in [0.1, 0.15) is 5.75 Å². The Bertz CT molecular complexity index is 670. The van der Waals surface area contributed by atoms with Crippen molar-refractivity contribution in [2.24, 2.45) is 0 Å². The third-order valence-electron chi connectivity index (χ3n) is 2.54. The first-order chi connectivity index (χ1) is 9.03. The normalized spacial score (nSPS) is 11.0. The van der Waals surface area contributed by atoms with Crippen LogP contribution in [0.2, 0.25) is 0 Å². The molecule has 19 heavy (non-hydrogen) atoms. The summed E-state index contributed by atoms with van der Waals surface area (Å²) in [6.45, 7) is 0. The second-order valence-corrected chi connectivity index (χ2v) is 5.56. The lowest BCUT2D eigenvalue weighted by molar-refractivity contribution is 0.416. The number of para-hydroxylation sites is 1. The third kappa shape index (κ3) is 2.97. The van der Waals surface area contributed by atoms with Gasteiger partial charge >= 0.3 is 0 Å². The van der Waals surface area contributed by atoms with Gasteiger partial charge in [0.15, 0.2) is 0 Å². The van der Waals surface area contributed by atoms with Gasteiger partial charge in [0, 0.05) is 5.69 Å². The van der Waals surface area contributed by atoms with Crippen LogP contribution in [0.25, 0.3) is 0 Å². The first-order valence-electron chi connectivity index (χ1n) is 5.54. The molecule has 0 amide bonds. The minimum Gasteiger partial charge on any atom is -0.495 e. The van der Waals surface area contributed by atoms with Crippen LogP contribution in [-0.4, -0.2) is 15.5 Å². The molecule has 0 unspecified atom stereocenters. The number of nitrogen functional groups attached to an aromatic ring is 1. The zero-order valence-corrected chi connectivity index (χ0v) is 11.1. The molecule has 0 saturated heterocycles. The molecular weight excluding hydrogens is 264 g/mol. The van der Waals surface area contributed by atoms with Crippen LogP contribution in [0.15, 0.2) is 53.4 Å². The number of rotatable bonds is 4. The number of hydrogen-bond donors (Lipinski definition) is 2. The Labute approximate surface area is 112 Å². The highest BCUT2D eigenvalue weighted by Gasteiger charge is 2.15. The molecule has 2 rings (SSSR count). The predicted molar refractivity (Wildman–Crippen MR) is 74.7 cm³/mol. The van der Waals surface area contributed by atoms with Crippen molar-refractivity contribution in [2.75, 3.05) is 17.6 Å². The summed E-state index contributed by atoms with van der Waals surface area (Å²) in [5.74, 6) is 0.443. The van der Waals surface area contributed by atoms with E-state index in [1.54, 1.807) is 24.3 Å². The number of hydrogen-bond acceptors (Lipinski definition) is 4. The lowest BCUT2D eigenvalue weighted by atomic mass is 10.3. The van der Waals surface area contributed by atoms with Crippen LogP contribution in [-0.2, 0) is 10.0 Å². The molecule has 3 N–H and O–H groups in total. The van der Waals surface area contributed by atoms with Gasteiger partial charge < -0.3 is 10.5 Å². The van der Waals surface area contributed by atoms with Crippen molar-refractivity contribution in [1.29, 1.82) is 0 Å². The predicted octanol–water partition coefficient (Wildman–Crippen LogP) is 2.08. The fraction of sp³-hybridized carbons (Fsp3) is 0.0769. The zero-order chi connectivity index (χ0) is 13.9. The summed E-state index contributed by atoms with van der Waals surface area (Å²) < 4.78 is 31.8. The molecule has 0 aliphatic carbocycles. The monoisotopic (exact) mass is 278 g/mol. The largest absolute Gasteiger partial charge is 0.495 e. The van der Waals surface area contributed by atoms with E-state index in [2.05, 4.69) is 4.72 Å². The number of nitrogens with one attached hydrogen (secondary N) is 1. The second kappa shape index (κ2) is 5.19. The Morgan fingerprint density at radius 3 is 2.37 bits per heavy atom. The quantitative estimate of drug-likeness (QED) is 0.839. The highest BCUT2D eigenvalue weighted by atomic mass is 32.2. The Hall–Kier alpha value is -2.21. The van der Waals surface area contributed by atoms with E-state index in [0.717, 1.165) is 0 Å². The molecule has 5 nitrogen and oxygen atoms in total. The second-order valence-electron chi connectivity index (χ2n) is 3.88. The summed E-state index contributed by atoms with van der Waals surface area (Å²) in [6.07, 6.45) is 0. The van der Waals surface area contributed by atoms with E-state index in [-0.39, 0.29) is 10.6 Å². The lowest BCUT2D eigenvalue weighted by Crippen LogP contribution is -2.13. The molecule has 0 aliphatic rings. The van der Waals surface area contributed by atoms with E-state index in [1.165, 1.54) is 25.3 Å². The summed E-state index contributed by atoms with van der Waals surface area (Å²) in [5.41, 5.74) is 6.48. The maximum absolute atomic E-state index is 12.1. The highest BCUT2D eigenvalue weighted by molar-refractivity contribution is 7.92. The van der Waals surface area contributed by atoms with Crippen molar-refractivity contribution in [1.82, 2.24) is 0 Å². The highest BCUT2D eigenvalue weighted by Crippen LogP contribution is 2.25. The fourth-order valence-electron chi connectivity index (χ4n) is 1.60. The van der Waals surface area contributed by atoms with Crippen molar-refractivity contribution < 1.29 is 13.2 Å². The maximum Gasteiger partial charge on any atom is 0.261 e. The minimum atomic E-state index is -3.65. The van der Waals surface area contributed by atoms with Gasteiger partial charge in [-0.1, -0.05) is 18.2 Å². The first-order valence-corrected chi connectivity index (χ1v) is 7.02. The van der Waals surface area contributed by atoms with Crippen LogP contribution in [0.3, 0.4) is 0 Å². The van der Waals surface area contributed by atoms with Crippen LogP contribution in [0, 0.1) is 0 Å². The van der Waals surface area contributed by atoms with E-state index in [1.807, 2.05) is 6.07 Å². The average molecular weight is 278 g/mol. The SMILES string of the molecule is COc1ccc(S(=O)(=O)Nc2ccccc2)cc1N. The summed E-state index contributed by atoms with van der Waals surface area (Å²) in [7, 11) is -2.17. The lowest BCUT2D eigenvalue weighted by Gasteiger charge is -2.10. The van der Waals surface area contributed by atoms with Gasteiger partial charge in [-0.3, -0.25) is 4.72 Å². The van der Waals surface area contributed by atoms with Gasteiger partial charge in [0.05, 0.1) is 17.7 Å². The number of sulfonamides is 1. The molecule has 2 aromatic rings. The number of anilines is 2. The van der Waals surface area contributed by atoms with Gasteiger partial charge in [0.25, 0.3) is 10.0 Å². The Kier molecular flexibility index (Phi) is 3.62. The Morgan fingerprint density at radius 1 is 1.11 bits per heavy atom. The fourth-order valence-corrected chi connectivity index (χ4v) is 2.69. The van der Waals surface area contributed by atoms with Gasteiger partial charge in [0.2, 0.25) is 0 Å². The molecule has 0 aliphatic heterocycles. The van der Waals surface area contributed by atoms with Crippen molar-refractivity contribution in [3.8, 4) is 5.75 Å². The molecule has 2 aromatic carbocycles. The molecular formula is C13H14N2O3S. The van der Waals surface area contributed by atoms with E-state index in [9.17, 15) is 8.42 Å². The van der Waals surface area contributed by atoms with E-state index >= 15 is 0 Å². The molecule has 0 atom stereocenters. The maximum atomic E-state index is 12.1. The molecule has 0 radical (unpaired) electrons. The van der Waals surface area contributed by atoms with Gasteiger partial charge in [-0.05, 0) is 30.3 Å². The summed E-state index contributed by atoms with van der Waals surface area (Å²) in [4.78, 5) is 0.0923. The van der Waals surface area contributed by atoms with E-state index < -0.39 is 10.0 Å². The van der Waals surface area contributed by atoms with Crippen LogP contribution in [0.5, 0.6) is 5.75 Å². The molecule has 0 saturated carbocycles. The molecule has 0 spiro atoms. The Morgan fingerprint density at radius 2 is 1.79 bits per heavy atom. The standard InChI is InChI=1S/C13H14N2O3S/c1-18-13-8-7-11(9-12(13)14)19(16,17)15-10-5-3-2-4-6-10/h2-9,15H,14H2,1H3. The minimum absolute atomic E-state index is 0.0923. The summed E-state index contributed by atoms with van der Waals surface area (Å²) in [6, 6.07) is 13.0. The zero-order valence-electron chi connectivity index (χ0n) is 10.3. The van der Waals surface area contributed by atoms with E-state index in [0.29, 0.717) is 11.4 Å². The van der Waals surface area contributed by atoms with Crippen LogP contribution >= 0.6 is 0 Å². The average Bonchev–Trinajstić information content (AvgIpc) is 2.39. The van der Waals surface area contributed by atoms with Gasteiger partial charge in [-0.2, -0.15) is 0 Å². The number of benzene rings is 2. The van der Waals surface area contributed by atoms with Crippen LogP contribution < -0.4 is 15.2 Å². The van der Waals surface area contributed by atoms with Crippen LogP contribution in [0.4, 0.5) is 11.4 Å². The smallest absolute Gasteiger partial charge is 0.261 e. The number of methoxy groups -OCH3 is 1. The number of ether oxygens (including phenoxy) is 1. The molecule has 0 aromatic heterocycles. The van der Waals surface area contributed by atoms with Crippen molar-refractivity contribution >= 4 is 21.4 Å². The van der Waals surface area contributed by atoms with Crippen LogP contribution in [0.1, 0.15) is 0 Å². The topological polar surface area (TPSA) is 81.4 Å². The van der Waals surface area contributed by atoms with Crippen molar-refractivity contribution in [2.45, 2.75) is 4.90 Å². The summed E-state index contributed by atoms with van der Waals surface area (Å²) >= 11 is 0. The van der Waals surface area contributed by atoms with Gasteiger partial charge in [-0.25, -0.2) is 8.42 Å². The van der Waals surface area contributed by atoms with Crippen molar-refractivity contribution in [3.05, 3.63) is 48.5 Å². The summed E-state index contributed by atoms with van der Waals surface area (Å²) in [5, 5.41) is 0. The van der Waals surface area contributed by atoms with Crippen molar-refractivity contribution in [3.63, 3.8) is 0 Å². The first kappa shape index (κ1) is 13.2. The Balaban J connectivity index is 2.32. The third-order valence-corrected chi connectivity index (χ3v) is 3.92. The molecule has 0 heterocycles. The molecule has 0 bridgehead atoms. The molecule has 0 fully saturated rings. The van der Waals surface area contributed by atoms with Gasteiger partial charge in [-0.15, -0.1) is 0 Å².